The Morgan fingerprint density at radius 1 is 0.920 bits per heavy atom. The average molecular weight is 335 g/mol. The highest BCUT2D eigenvalue weighted by atomic mass is 15.1. The van der Waals surface area contributed by atoms with Crippen LogP contribution in [-0.2, 0) is 18.4 Å². The van der Waals surface area contributed by atoms with Gasteiger partial charge in [0.2, 0.25) is 0 Å². The molecule has 2 aliphatic carbocycles. The maximum Gasteiger partial charge on any atom is 0.0456 e. The number of hydrogen-bond donors (Lipinski definition) is 1. The van der Waals surface area contributed by atoms with Gasteiger partial charge in [0, 0.05) is 17.3 Å². The zero-order chi connectivity index (χ0) is 17.3. The number of rotatable bonds is 4. The zero-order valence-electron chi connectivity index (χ0n) is 15.6. The van der Waals surface area contributed by atoms with Crippen LogP contribution < -0.4 is 5.32 Å². The summed E-state index contributed by atoms with van der Waals surface area (Å²) in [5.74, 6) is 0. The molecule has 25 heavy (non-hydrogen) atoms. The van der Waals surface area contributed by atoms with Crippen LogP contribution in [0.15, 0.2) is 48.5 Å². The summed E-state index contributed by atoms with van der Waals surface area (Å²) in [5, 5.41) is 3.82. The lowest BCUT2D eigenvalue weighted by Crippen LogP contribution is -2.46. The molecule has 0 aliphatic heterocycles. The van der Waals surface area contributed by atoms with E-state index in [1.54, 1.807) is 11.1 Å². The topological polar surface area (TPSA) is 15.3 Å². The fraction of sp³-hybridized carbons (Fsp3) is 0.478. The Bertz CT molecular complexity index is 712. The van der Waals surface area contributed by atoms with Crippen molar-refractivity contribution in [3.8, 4) is 0 Å². The second-order valence-corrected chi connectivity index (χ2v) is 8.05. The van der Waals surface area contributed by atoms with Crippen LogP contribution in [0.25, 0.3) is 0 Å². The maximum absolute atomic E-state index is 3.82. The quantitative estimate of drug-likeness (QED) is 0.847. The van der Waals surface area contributed by atoms with Gasteiger partial charge in [-0.05, 0) is 87.9 Å². The average Bonchev–Trinajstić information content (AvgIpc) is 3.11. The van der Waals surface area contributed by atoms with Gasteiger partial charge in [0.05, 0.1) is 0 Å². The van der Waals surface area contributed by atoms with Crippen LogP contribution >= 0.6 is 0 Å². The molecule has 0 bridgehead atoms. The normalized spacial score (nSPS) is 25.8. The second-order valence-electron chi connectivity index (χ2n) is 8.05. The van der Waals surface area contributed by atoms with E-state index in [0.29, 0.717) is 6.04 Å². The molecule has 2 nitrogen and oxygen atoms in total. The Balaban J connectivity index is 1.45. The molecule has 0 radical (unpaired) electrons. The number of hydrogen-bond acceptors (Lipinski definition) is 2. The van der Waals surface area contributed by atoms with Crippen molar-refractivity contribution < 1.29 is 0 Å². The summed E-state index contributed by atoms with van der Waals surface area (Å²) in [4.78, 5) is 2.44. The molecule has 1 saturated carbocycles. The summed E-state index contributed by atoms with van der Waals surface area (Å²) < 4.78 is 0. The summed E-state index contributed by atoms with van der Waals surface area (Å²) >= 11 is 0. The molecule has 0 heterocycles. The van der Waals surface area contributed by atoms with Crippen molar-refractivity contribution in [2.24, 2.45) is 0 Å². The van der Waals surface area contributed by atoms with Crippen molar-refractivity contribution in [1.29, 1.82) is 0 Å². The highest BCUT2D eigenvalue weighted by Gasteiger charge is 2.38. The molecule has 2 aliphatic rings. The van der Waals surface area contributed by atoms with E-state index in [1.165, 1.54) is 56.2 Å². The largest absolute Gasteiger partial charge is 0.382 e. The van der Waals surface area contributed by atoms with Crippen LogP contribution in [0, 0.1) is 0 Å². The Morgan fingerprint density at radius 3 is 2.36 bits per heavy atom. The van der Waals surface area contributed by atoms with Gasteiger partial charge in [-0.1, -0.05) is 36.4 Å². The van der Waals surface area contributed by atoms with E-state index in [-0.39, 0.29) is 5.54 Å². The van der Waals surface area contributed by atoms with E-state index in [4.69, 9.17) is 0 Å². The first kappa shape index (κ1) is 16.7. The molecule has 132 valence electrons. The smallest absolute Gasteiger partial charge is 0.0456 e. The van der Waals surface area contributed by atoms with Gasteiger partial charge in [-0.3, -0.25) is 4.90 Å². The lowest BCUT2D eigenvalue weighted by atomic mass is 9.74. The molecular weight excluding hydrogens is 304 g/mol. The molecule has 0 unspecified atom stereocenters. The Morgan fingerprint density at radius 2 is 1.64 bits per heavy atom. The molecule has 0 saturated heterocycles. The van der Waals surface area contributed by atoms with Gasteiger partial charge >= 0.3 is 0 Å². The van der Waals surface area contributed by atoms with E-state index < -0.39 is 0 Å². The van der Waals surface area contributed by atoms with E-state index in [1.807, 2.05) is 0 Å². The fourth-order valence-corrected chi connectivity index (χ4v) is 4.88. The van der Waals surface area contributed by atoms with Crippen molar-refractivity contribution in [2.45, 2.75) is 56.5 Å². The molecule has 0 spiro atoms. The highest BCUT2D eigenvalue weighted by Crippen LogP contribution is 2.41. The lowest BCUT2D eigenvalue weighted by Gasteiger charge is -2.46. The van der Waals surface area contributed by atoms with Crippen molar-refractivity contribution in [3.63, 3.8) is 0 Å². The predicted molar refractivity (Wildman–Crippen MR) is 106 cm³/mol. The summed E-state index contributed by atoms with van der Waals surface area (Å²) in [6, 6.07) is 18.7. The number of nitrogens with zero attached hydrogens (tertiary/aromatic N) is 1. The van der Waals surface area contributed by atoms with Crippen molar-refractivity contribution in [1.82, 2.24) is 4.90 Å². The van der Waals surface area contributed by atoms with E-state index in [2.05, 4.69) is 72.8 Å². The summed E-state index contributed by atoms with van der Waals surface area (Å²) in [6.07, 6.45) is 8.73. The van der Waals surface area contributed by atoms with Crippen molar-refractivity contribution in [3.05, 3.63) is 65.2 Å². The van der Waals surface area contributed by atoms with Gasteiger partial charge in [0.1, 0.15) is 0 Å². The number of aryl methyl sites for hydroxylation is 2. The number of nitrogens with one attached hydrogen (secondary N) is 1. The molecule has 0 aromatic heterocycles. The molecular formula is C23H30N2. The van der Waals surface area contributed by atoms with Gasteiger partial charge in [-0.2, -0.15) is 0 Å². The molecule has 0 amide bonds. The van der Waals surface area contributed by atoms with Gasteiger partial charge in [0.25, 0.3) is 0 Å². The molecule has 2 heteroatoms. The van der Waals surface area contributed by atoms with E-state index in [0.717, 1.165) is 0 Å². The molecule has 1 N–H and O–H groups in total. The van der Waals surface area contributed by atoms with Crippen LogP contribution in [-0.4, -0.2) is 25.0 Å². The van der Waals surface area contributed by atoms with Crippen LogP contribution in [0.5, 0.6) is 0 Å². The Labute approximate surface area is 152 Å². The first-order valence-electron chi connectivity index (χ1n) is 9.79. The third kappa shape index (κ3) is 3.20. The fourth-order valence-electron chi connectivity index (χ4n) is 4.88. The molecule has 0 atom stereocenters. The summed E-state index contributed by atoms with van der Waals surface area (Å²) in [5.41, 5.74) is 6.11. The zero-order valence-corrected chi connectivity index (χ0v) is 15.6. The molecule has 1 fully saturated rings. The monoisotopic (exact) mass is 334 g/mol. The van der Waals surface area contributed by atoms with Gasteiger partial charge in [0.15, 0.2) is 0 Å². The first-order valence-corrected chi connectivity index (χ1v) is 9.79. The van der Waals surface area contributed by atoms with Crippen LogP contribution in [0.3, 0.4) is 0 Å². The number of anilines is 1. The lowest BCUT2D eigenvalue weighted by molar-refractivity contribution is 0.0945. The minimum absolute atomic E-state index is 0.192. The minimum atomic E-state index is 0.192. The van der Waals surface area contributed by atoms with Gasteiger partial charge < -0.3 is 5.32 Å². The van der Waals surface area contributed by atoms with E-state index in [9.17, 15) is 0 Å². The standard InChI is InChI=1S/C23H30N2/c1-25(2)23(20-9-4-3-5-10-20)15-13-21(14-16-23)24-22-12-11-18-7-6-8-19(18)17-22/h3-5,9-12,17,21,24H,6-8,13-16H2,1-2H3. The third-order valence-electron chi connectivity index (χ3n) is 6.45. The number of fused-ring (bicyclic) bond motifs is 1. The highest BCUT2D eigenvalue weighted by molar-refractivity contribution is 5.50. The van der Waals surface area contributed by atoms with Crippen molar-refractivity contribution >= 4 is 5.69 Å². The molecule has 2 aromatic rings. The Hall–Kier alpha value is -1.80. The summed E-state index contributed by atoms with van der Waals surface area (Å²) in [6.45, 7) is 0. The van der Waals surface area contributed by atoms with E-state index >= 15 is 0 Å². The van der Waals surface area contributed by atoms with Crippen LogP contribution in [0.2, 0.25) is 0 Å². The maximum atomic E-state index is 3.82. The number of benzene rings is 2. The second kappa shape index (κ2) is 6.84. The van der Waals surface area contributed by atoms with Crippen LogP contribution in [0.1, 0.15) is 48.8 Å². The molecule has 4 rings (SSSR count). The van der Waals surface area contributed by atoms with Gasteiger partial charge in [-0.25, -0.2) is 0 Å². The van der Waals surface area contributed by atoms with Crippen LogP contribution in [0.4, 0.5) is 5.69 Å². The molecule has 2 aromatic carbocycles. The SMILES string of the molecule is CN(C)C1(c2ccccc2)CCC(Nc2ccc3c(c2)CCC3)CC1. The summed E-state index contributed by atoms with van der Waals surface area (Å²) in [7, 11) is 4.47. The Kier molecular flexibility index (Phi) is 4.56. The van der Waals surface area contributed by atoms with Crippen molar-refractivity contribution in [2.75, 3.05) is 19.4 Å². The van der Waals surface area contributed by atoms with Gasteiger partial charge in [-0.15, -0.1) is 0 Å². The third-order valence-corrected chi connectivity index (χ3v) is 6.45. The first-order chi connectivity index (χ1) is 12.2. The predicted octanol–water partition coefficient (Wildman–Crippen LogP) is 4.99. The minimum Gasteiger partial charge on any atom is -0.382 e.